The molecule has 1 unspecified atom stereocenters. The van der Waals surface area contributed by atoms with E-state index in [9.17, 15) is 22.8 Å². The SMILES string of the molecule is COC(=O)c1cc(F)cc2c1C(=O)C(c1ccc(F)cc1F)CN2. The van der Waals surface area contributed by atoms with E-state index in [2.05, 4.69) is 10.1 Å². The normalized spacial score (nSPS) is 16.3. The summed E-state index contributed by atoms with van der Waals surface area (Å²) >= 11 is 0. The third-order valence-electron chi connectivity index (χ3n) is 3.91. The van der Waals surface area contributed by atoms with Gasteiger partial charge in [0, 0.05) is 23.9 Å². The first-order chi connectivity index (χ1) is 11.4. The Bertz CT molecular complexity index is 851. The Hall–Kier alpha value is -2.83. The van der Waals surface area contributed by atoms with Crippen molar-refractivity contribution < 1.29 is 27.5 Å². The predicted molar refractivity (Wildman–Crippen MR) is 79.7 cm³/mol. The molecular formula is C17H12F3NO3. The first-order valence-electron chi connectivity index (χ1n) is 7.07. The molecule has 0 radical (unpaired) electrons. The molecule has 1 heterocycles. The zero-order valence-electron chi connectivity index (χ0n) is 12.5. The maximum absolute atomic E-state index is 14.0. The highest BCUT2D eigenvalue weighted by Crippen LogP contribution is 2.34. The number of anilines is 1. The van der Waals surface area contributed by atoms with Crippen LogP contribution in [0.4, 0.5) is 18.9 Å². The molecule has 0 fully saturated rings. The monoisotopic (exact) mass is 335 g/mol. The smallest absolute Gasteiger partial charge is 0.338 e. The van der Waals surface area contributed by atoms with Crippen LogP contribution < -0.4 is 5.32 Å². The number of methoxy groups -OCH3 is 1. The summed E-state index contributed by atoms with van der Waals surface area (Å²) in [5, 5.41) is 2.81. The fraction of sp³-hybridized carbons (Fsp3) is 0.176. The molecule has 0 saturated heterocycles. The number of esters is 1. The number of hydrogen-bond acceptors (Lipinski definition) is 4. The Morgan fingerprint density at radius 2 is 1.92 bits per heavy atom. The molecule has 1 atom stereocenters. The van der Waals surface area contributed by atoms with Gasteiger partial charge in [0.05, 0.1) is 24.2 Å². The Kier molecular flexibility index (Phi) is 4.01. The maximum atomic E-state index is 14.0. The van der Waals surface area contributed by atoms with Crippen LogP contribution in [-0.2, 0) is 4.74 Å². The molecule has 0 spiro atoms. The number of nitrogens with one attached hydrogen (secondary N) is 1. The number of Topliss-reactive ketones (excluding diaryl/α,β-unsaturated/α-hetero) is 1. The molecule has 4 nitrogen and oxygen atoms in total. The van der Waals surface area contributed by atoms with Crippen LogP contribution in [-0.4, -0.2) is 25.4 Å². The van der Waals surface area contributed by atoms with Crippen molar-refractivity contribution in [2.24, 2.45) is 0 Å². The van der Waals surface area contributed by atoms with Gasteiger partial charge < -0.3 is 10.1 Å². The second kappa shape index (κ2) is 5.99. The van der Waals surface area contributed by atoms with Crippen molar-refractivity contribution in [2.75, 3.05) is 19.0 Å². The molecule has 1 aliphatic heterocycles. The van der Waals surface area contributed by atoms with Crippen molar-refractivity contribution in [3.8, 4) is 0 Å². The molecule has 1 aliphatic rings. The summed E-state index contributed by atoms with van der Waals surface area (Å²) in [5.41, 5.74) is -0.167. The third-order valence-corrected chi connectivity index (χ3v) is 3.91. The van der Waals surface area contributed by atoms with Gasteiger partial charge in [-0.15, -0.1) is 0 Å². The minimum absolute atomic E-state index is 0.000286. The van der Waals surface area contributed by atoms with E-state index < -0.39 is 35.1 Å². The molecule has 24 heavy (non-hydrogen) atoms. The Morgan fingerprint density at radius 3 is 2.58 bits per heavy atom. The van der Waals surface area contributed by atoms with Crippen molar-refractivity contribution in [1.29, 1.82) is 0 Å². The van der Waals surface area contributed by atoms with Crippen LogP contribution >= 0.6 is 0 Å². The van der Waals surface area contributed by atoms with Crippen LogP contribution in [0.25, 0.3) is 0 Å². The molecule has 0 amide bonds. The van der Waals surface area contributed by atoms with Crippen molar-refractivity contribution in [3.63, 3.8) is 0 Å². The van der Waals surface area contributed by atoms with Gasteiger partial charge in [0.2, 0.25) is 0 Å². The minimum Gasteiger partial charge on any atom is -0.465 e. The molecule has 1 N–H and O–H groups in total. The van der Waals surface area contributed by atoms with Crippen LogP contribution in [0.2, 0.25) is 0 Å². The van der Waals surface area contributed by atoms with Crippen molar-refractivity contribution in [2.45, 2.75) is 5.92 Å². The van der Waals surface area contributed by atoms with Gasteiger partial charge in [-0.3, -0.25) is 4.79 Å². The van der Waals surface area contributed by atoms with E-state index in [1.165, 1.54) is 6.07 Å². The molecular weight excluding hydrogens is 323 g/mol. The van der Waals surface area contributed by atoms with E-state index in [1.54, 1.807) is 0 Å². The summed E-state index contributed by atoms with van der Waals surface area (Å²) in [6.45, 7) is -0.00154. The van der Waals surface area contributed by atoms with Crippen LogP contribution in [0.3, 0.4) is 0 Å². The van der Waals surface area contributed by atoms with E-state index in [-0.39, 0.29) is 28.9 Å². The molecule has 0 aliphatic carbocycles. The van der Waals surface area contributed by atoms with Gasteiger partial charge in [-0.25, -0.2) is 18.0 Å². The van der Waals surface area contributed by atoms with Gasteiger partial charge in [0.1, 0.15) is 17.5 Å². The highest BCUT2D eigenvalue weighted by Gasteiger charge is 2.34. The molecule has 7 heteroatoms. The Labute approximate surface area is 135 Å². The number of ether oxygens (including phenoxy) is 1. The summed E-state index contributed by atoms with van der Waals surface area (Å²) in [6.07, 6.45) is 0. The maximum Gasteiger partial charge on any atom is 0.338 e. The lowest BCUT2D eigenvalue weighted by molar-refractivity contribution is 0.0596. The van der Waals surface area contributed by atoms with Crippen molar-refractivity contribution in [3.05, 3.63) is 64.5 Å². The number of carbonyl (C=O) groups excluding carboxylic acids is 2. The fourth-order valence-electron chi connectivity index (χ4n) is 2.80. The molecule has 0 saturated carbocycles. The number of halogens is 3. The van der Waals surface area contributed by atoms with Gasteiger partial charge in [-0.05, 0) is 18.2 Å². The molecule has 3 rings (SSSR count). The Morgan fingerprint density at radius 1 is 1.17 bits per heavy atom. The number of hydrogen-bond donors (Lipinski definition) is 1. The van der Waals surface area contributed by atoms with E-state index in [0.29, 0.717) is 6.07 Å². The predicted octanol–water partition coefficient (Wildman–Crippen LogP) is 3.28. The minimum atomic E-state index is -0.966. The number of rotatable bonds is 2. The number of ketones is 1. The average molecular weight is 335 g/mol. The van der Waals surface area contributed by atoms with Gasteiger partial charge in [0.15, 0.2) is 5.78 Å². The van der Waals surface area contributed by atoms with E-state index in [4.69, 9.17) is 0 Å². The van der Waals surface area contributed by atoms with E-state index in [1.807, 2.05) is 0 Å². The second-order valence-electron chi connectivity index (χ2n) is 5.33. The van der Waals surface area contributed by atoms with Crippen LogP contribution in [0, 0.1) is 17.5 Å². The van der Waals surface area contributed by atoms with Crippen LogP contribution in [0.15, 0.2) is 30.3 Å². The third kappa shape index (κ3) is 2.62. The molecule has 0 aromatic heterocycles. The zero-order valence-corrected chi connectivity index (χ0v) is 12.5. The number of fused-ring (bicyclic) bond motifs is 1. The standard InChI is InChI=1S/C17H12F3NO3/c1-24-17(23)11-4-9(19)6-14-15(11)16(22)12(7-21-14)10-3-2-8(18)5-13(10)20/h2-6,12,21H,7H2,1H3. The second-order valence-corrected chi connectivity index (χ2v) is 5.33. The fourth-order valence-corrected chi connectivity index (χ4v) is 2.80. The quantitative estimate of drug-likeness (QED) is 0.856. The highest BCUT2D eigenvalue weighted by atomic mass is 19.1. The summed E-state index contributed by atoms with van der Waals surface area (Å²) in [5.74, 6) is -4.73. The largest absolute Gasteiger partial charge is 0.465 e. The first-order valence-corrected chi connectivity index (χ1v) is 7.07. The summed E-state index contributed by atoms with van der Waals surface area (Å²) in [7, 11) is 1.11. The Balaban J connectivity index is 2.11. The zero-order chi connectivity index (χ0) is 17.4. The molecule has 2 aromatic carbocycles. The summed E-state index contributed by atoms with van der Waals surface area (Å²) < 4.78 is 45.3. The van der Waals surface area contributed by atoms with Gasteiger partial charge in [-0.1, -0.05) is 6.07 Å². The molecule has 0 bridgehead atoms. The first kappa shape index (κ1) is 16.0. The van der Waals surface area contributed by atoms with Crippen molar-refractivity contribution >= 4 is 17.4 Å². The van der Waals surface area contributed by atoms with Gasteiger partial charge in [-0.2, -0.15) is 0 Å². The van der Waals surface area contributed by atoms with Crippen LogP contribution in [0.5, 0.6) is 0 Å². The topological polar surface area (TPSA) is 55.4 Å². The van der Waals surface area contributed by atoms with Gasteiger partial charge >= 0.3 is 5.97 Å². The molecule has 124 valence electrons. The van der Waals surface area contributed by atoms with E-state index >= 15 is 0 Å². The molecule has 2 aromatic rings. The lowest BCUT2D eigenvalue weighted by Gasteiger charge is -2.27. The highest BCUT2D eigenvalue weighted by molar-refractivity contribution is 6.14. The van der Waals surface area contributed by atoms with Crippen LogP contribution in [0.1, 0.15) is 32.2 Å². The summed E-state index contributed by atoms with van der Waals surface area (Å²) in [6, 6.07) is 4.89. The van der Waals surface area contributed by atoms with Crippen molar-refractivity contribution in [1.82, 2.24) is 0 Å². The number of benzene rings is 2. The average Bonchev–Trinajstić information content (AvgIpc) is 2.54. The number of carbonyl (C=O) groups is 2. The van der Waals surface area contributed by atoms with E-state index in [0.717, 1.165) is 25.3 Å². The summed E-state index contributed by atoms with van der Waals surface area (Å²) in [4.78, 5) is 24.6. The lowest BCUT2D eigenvalue weighted by Crippen LogP contribution is -2.30. The lowest BCUT2D eigenvalue weighted by atomic mass is 9.84. The van der Waals surface area contributed by atoms with Gasteiger partial charge in [0.25, 0.3) is 0 Å².